The maximum atomic E-state index is 13.8. The summed E-state index contributed by atoms with van der Waals surface area (Å²) in [7, 11) is 0. The van der Waals surface area contributed by atoms with Crippen LogP contribution in [-0.2, 0) is 0 Å². The van der Waals surface area contributed by atoms with Crippen molar-refractivity contribution >= 4 is 6.29 Å². The Hall–Kier alpha value is -2.37. The third-order valence-corrected chi connectivity index (χ3v) is 2.53. The Labute approximate surface area is 111 Å². The van der Waals surface area contributed by atoms with Gasteiger partial charge in [0.2, 0.25) is 0 Å². The van der Waals surface area contributed by atoms with Crippen LogP contribution in [0.15, 0.2) is 42.5 Å². The summed E-state index contributed by atoms with van der Waals surface area (Å²) in [6.45, 7) is 0. The van der Waals surface area contributed by atoms with E-state index in [4.69, 9.17) is 0 Å². The molecule has 20 heavy (non-hydrogen) atoms. The molecule has 0 aliphatic rings. The standard InChI is InChI=1S/C14H8F4O2/c15-12-6-2-4-10(8-19)13(12)9-3-1-5-11(7-9)20-14(16,17)18/h1-8H. The molecular formula is C14H8F4O2. The summed E-state index contributed by atoms with van der Waals surface area (Å²) in [6.07, 6.45) is -4.39. The summed E-state index contributed by atoms with van der Waals surface area (Å²) in [5, 5.41) is 0. The van der Waals surface area contributed by atoms with Gasteiger partial charge in [-0.25, -0.2) is 4.39 Å². The number of aldehydes is 1. The Balaban J connectivity index is 2.49. The minimum absolute atomic E-state index is 0.0501. The van der Waals surface area contributed by atoms with Gasteiger partial charge in [0.25, 0.3) is 0 Å². The zero-order chi connectivity index (χ0) is 14.8. The van der Waals surface area contributed by atoms with Crippen LogP contribution in [0.2, 0.25) is 0 Å². The largest absolute Gasteiger partial charge is 0.573 e. The van der Waals surface area contributed by atoms with Crippen LogP contribution >= 0.6 is 0 Å². The maximum Gasteiger partial charge on any atom is 0.573 e. The normalized spacial score (nSPS) is 11.2. The summed E-state index contributed by atoms with van der Waals surface area (Å²) >= 11 is 0. The molecule has 0 saturated carbocycles. The predicted octanol–water partition coefficient (Wildman–Crippen LogP) is 4.20. The number of carbonyl (C=O) groups is 1. The number of halogens is 4. The molecule has 2 aromatic carbocycles. The van der Waals surface area contributed by atoms with Crippen LogP contribution in [0.4, 0.5) is 17.6 Å². The second-order valence-electron chi connectivity index (χ2n) is 3.90. The van der Waals surface area contributed by atoms with Gasteiger partial charge in [-0.2, -0.15) is 0 Å². The monoisotopic (exact) mass is 284 g/mol. The molecule has 0 saturated heterocycles. The number of carbonyl (C=O) groups excluding carboxylic acids is 1. The summed E-state index contributed by atoms with van der Waals surface area (Å²) in [6, 6.07) is 8.66. The number of hydrogen-bond acceptors (Lipinski definition) is 2. The molecule has 0 aliphatic heterocycles. The lowest BCUT2D eigenvalue weighted by Crippen LogP contribution is -2.17. The number of hydrogen-bond donors (Lipinski definition) is 0. The van der Waals surface area contributed by atoms with E-state index in [2.05, 4.69) is 4.74 Å². The smallest absolute Gasteiger partial charge is 0.406 e. The van der Waals surface area contributed by atoms with Crippen LogP contribution in [0, 0.1) is 5.82 Å². The average Bonchev–Trinajstić information content (AvgIpc) is 2.36. The van der Waals surface area contributed by atoms with Crippen molar-refractivity contribution in [1.29, 1.82) is 0 Å². The molecule has 0 amide bonds. The van der Waals surface area contributed by atoms with E-state index >= 15 is 0 Å². The zero-order valence-electron chi connectivity index (χ0n) is 9.95. The fraction of sp³-hybridized carbons (Fsp3) is 0.0714. The molecule has 2 nitrogen and oxygen atoms in total. The SMILES string of the molecule is O=Cc1cccc(F)c1-c1cccc(OC(F)(F)F)c1. The molecule has 2 rings (SSSR count). The van der Waals surface area contributed by atoms with E-state index in [1.165, 1.54) is 24.3 Å². The highest BCUT2D eigenvalue weighted by molar-refractivity contribution is 5.88. The van der Waals surface area contributed by atoms with Crippen LogP contribution in [0.1, 0.15) is 10.4 Å². The van der Waals surface area contributed by atoms with E-state index in [0.717, 1.165) is 18.2 Å². The first-order valence-electron chi connectivity index (χ1n) is 5.50. The Bertz CT molecular complexity index is 635. The van der Waals surface area contributed by atoms with Gasteiger partial charge < -0.3 is 4.74 Å². The molecule has 0 fully saturated rings. The molecule has 104 valence electrons. The van der Waals surface area contributed by atoms with Crippen LogP contribution in [-0.4, -0.2) is 12.6 Å². The van der Waals surface area contributed by atoms with E-state index < -0.39 is 17.9 Å². The third-order valence-electron chi connectivity index (χ3n) is 2.53. The summed E-state index contributed by atoms with van der Waals surface area (Å²) in [5.41, 5.74) is 0.122. The second kappa shape index (κ2) is 5.32. The molecule has 0 heterocycles. The first-order chi connectivity index (χ1) is 9.40. The molecule has 0 aliphatic carbocycles. The maximum absolute atomic E-state index is 13.8. The fourth-order valence-electron chi connectivity index (χ4n) is 1.79. The third kappa shape index (κ3) is 3.14. The topological polar surface area (TPSA) is 26.3 Å². The zero-order valence-corrected chi connectivity index (χ0v) is 9.95. The molecule has 0 N–H and O–H groups in total. The molecule has 0 unspecified atom stereocenters. The van der Waals surface area contributed by atoms with E-state index in [-0.39, 0.29) is 16.7 Å². The molecule has 0 atom stereocenters. The van der Waals surface area contributed by atoms with Gasteiger partial charge >= 0.3 is 6.36 Å². The van der Waals surface area contributed by atoms with Crippen LogP contribution in [0.5, 0.6) is 5.75 Å². The molecule has 6 heteroatoms. The first-order valence-corrected chi connectivity index (χ1v) is 5.50. The molecule has 2 aromatic rings. The molecular weight excluding hydrogens is 276 g/mol. The van der Waals surface area contributed by atoms with Gasteiger partial charge in [0, 0.05) is 11.1 Å². The minimum atomic E-state index is -4.83. The van der Waals surface area contributed by atoms with Crippen molar-refractivity contribution in [3.8, 4) is 16.9 Å². The van der Waals surface area contributed by atoms with Crippen molar-refractivity contribution in [2.45, 2.75) is 6.36 Å². The van der Waals surface area contributed by atoms with Crippen LogP contribution < -0.4 is 4.74 Å². The Morgan fingerprint density at radius 2 is 1.75 bits per heavy atom. The number of alkyl halides is 3. The minimum Gasteiger partial charge on any atom is -0.406 e. The van der Waals surface area contributed by atoms with Crippen molar-refractivity contribution in [3.63, 3.8) is 0 Å². The summed E-state index contributed by atoms with van der Waals surface area (Å²) in [5.74, 6) is -1.17. The quantitative estimate of drug-likeness (QED) is 0.623. The Morgan fingerprint density at radius 3 is 2.40 bits per heavy atom. The average molecular weight is 284 g/mol. The van der Waals surface area contributed by atoms with Crippen molar-refractivity contribution < 1.29 is 27.1 Å². The van der Waals surface area contributed by atoms with Gasteiger partial charge in [0.15, 0.2) is 6.29 Å². The van der Waals surface area contributed by atoms with E-state index in [9.17, 15) is 22.4 Å². The van der Waals surface area contributed by atoms with Gasteiger partial charge in [0.1, 0.15) is 11.6 Å². The van der Waals surface area contributed by atoms with Crippen molar-refractivity contribution in [2.75, 3.05) is 0 Å². The van der Waals surface area contributed by atoms with Gasteiger partial charge in [-0.15, -0.1) is 13.2 Å². The van der Waals surface area contributed by atoms with Crippen LogP contribution in [0.3, 0.4) is 0 Å². The molecule has 0 radical (unpaired) electrons. The fourth-order valence-corrected chi connectivity index (χ4v) is 1.79. The van der Waals surface area contributed by atoms with Gasteiger partial charge in [-0.1, -0.05) is 24.3 Å². The molecule has 0 spiro atoms. The number of benzene rings is 2. The van der Waals surface area contributed by atoms with E-state index in [1.807, 2.05) is 0 Å². The lowest BCUT2D eigenvalue weighted by Gasteiger charge is -2.11. The van der Waals surface area contributed by atoms with Crippen molar-refractivity contribution in [3.05, 3.63) is 53.8 Å². The van der Waals surface area contributed by atoms with E-state index in [1.54, 1.807) is 0 Å². The summed E-state index contributed by atoms with van der Waals surface area (Å²) in [4.78, 5) is 10.9. The lowest BCUT2D eigenvalue weighted by atomic mass is 9.99. The Morgan fingerprint density at radius 1 is 1.05 bits per heavy atom. The molecule has 0 aromatic heterocycles. The number of rotatable bonds is 3. The predicted molar refractivity (Wildman–Crippen MR) is 63.9 cm³/mol. The lowest BCUT2D eigenvalue weighted by molar-refractivity contribution is -0.274. The van der Waals surface area contributed by atoms with E-state index in [0.29, 0.717) is 6.29 Å². The van der Waals surface area contributed by atoms with Gasteiger partial charge in [-0.05, 0) is 23.8 Å². The first kappa shape index (κ1) is 14.0. The highest BCUT2D eigenvalue weighted by Crippen LogP contribution is 2.31. The highest BCUT2D eigenvalue weighted by Gasteiger charge is 2.31. The van der Waals surface area contributed by atoms with Crippen molar-refractivity contribution in [1.82, 2.24) is 0 Å². The molecule has 0 bridgehead atoms. The van der Waals surface area contributed by atoms with Gasteiger partial charge in [-0.3, -0.25) is 4.79 Å². The number of ether oxygens (including phenoxy) is 1. The second-order valence-corrected chi connectivity index (χ2v) is 3.90. The van der Waals surface area contributed by atoms with Crippen molar-refractivity contribution in [2.24, 2.45) is 0 Å². The highest BCUT2D eigenvalue weighted by atomic mass is 19.4. The van der Waals surface area contributed by atoms with Crippen LogP contribution in [0.25, 0.3) is 11.1 Å². The summed E-state index contributed by atoms with van der Waals surface area (Å²) < 4.78 is 54.0. The Kier molecular flexibility index (Phi) is 3.74. The van der Waals surface area contributed by atoms with Gasteiger partial charge in [0.05, 0.1) is 0 Å².